The predicted molar refractivity (Wildman–Crippen MR) is 75.1 cm³/mol. The molecule has 98 valence electrons. The first-order chi connectivity index (χ1) is 8.72. The van der Waals surface area contributed by atoms with Crippen LogP contribution in [0.2, 0.25) is 0 Å². The molecular formula is C12H18N4OS. The molecule has 5 nitrogen and oxygen atoms in total. The Bertz CT molecular complexity index is 437. The molecule has 3 N–H and O–H groups in total. The lowest BCUT2D eigenvalue weighted by Crippen LogP contribution is -2.29. The van der Waals surface area contributed by atoms with Gasteiger partial charge in [-0.15, -0.1) is 6.58 Å². The number of thiazole rings is 1. The van der Waals surface area contributed by atoms with Crippen LogP contribution in [0.1, 0.15) is 28.9 Å². The van der Waals surface area contributed by atoms with E-state index in [1.54, 1.807) is 6.08 Å². The Kier molecular flexibility index (Phi) is 4.19. The molecule has 2 heterocycles. The summed E-state index contributed by atoms with van der Waals surface area (Å²) < 4.78 is 0. The zero-order valence-electron chi connectivity index (χ0n) is 10.3. The van der Waals surface area contributed by atoms with E-state index in [2.05, 4.69) is 21.8 Å². The highest BCUT2D eigenvalue weighted by atomic mass is 32.1. The Morgan fingerprint density at radius 1 is 1.50 bits per heavy atom. The molecule has 1 aliphatic rings. The van der Waals surface area contributed by atoms with Crippen molar-refractivity contribution in [3.63, 3.8) is 0 Å². The molecule has 1 fully saturated rings. The summed E-state index contributed by atoms with van der Waals surface area (Å²) in [5, 5.41) is 3.58. The van der Waals surface area contributed by atoms with Gasteiger partial charge in [0.15, 0.2) is 5.13 Å². The van der Waals surface area contributed by atoms with Gasteiger partial charge in [-0.1, -0.05) is 17.4 Å². The van der Waals surface area contributed by atoms with E-state index in [4.69, 9.17) is 5.73 Å². The fraction of sp³-hybridized carbons (Fsp3) is 0.500. The Balaban J connectivity index is 2.10. The second kappa shape index (κ2) is 5.86. The van der Waals surface area contributed by atoms with Crippen molar-refractivity contribution in [2.24, 2.45) is 0 Å². The molecule has 0 unspecified atom stereocenters. The molecule has 18 heavy (non-hydrogen) atoms. The van der Waals surface area contributed by atoms with Crippen LogP contribution in [-0.4, -0.2) is 30.5 Å². The van der Waals surface area contributed by atoms with Crippen LogP contribution in [0, 0.1) is 0 Å². The maximum absolute atomic E-state index is 11.8. The molecule has 0 aliphatic carbocycles. The van der Waals surface area contributed by atoms with Gasteiger partial charge in [0.05, 0.1) is 0 Å². The zero-order valence-corrected chi connectivity index (χ0v) is 11.1. The third kappa shape index (κ3) is 2.81. The zero-order chi connectivity index (χ0) is 13.0. The van der Waals surface area contributed by atoms with E-state index in [0.29, 0.717) is 17.2 Å². The Hall–Kier alpha value is -1.56. The second-order valence-corrected chi connectivity index (χ2v) is 5.23. The van der Waals surface area contributed by atoms with E-state index >= 15 is 0 Å². The maximum Gasteiger partial charge on any atom is 0.265 e. The summed E-state index contributed by atoms with van der Waals surface area (Å²) in [7, 11) is 0. The number of amides is 1. The number of hydrogen-bond donors (Lipinski definition) is 2. The minimum Gasteiger partial charge on any atom is -0.382 e. The minimum absolute atomic E-state index is 0.173. The SMILES string of the molecule is C=CCNC(=O)c1sc(N2CCCCC2)nc1N. The quantitative estimate of drug-likeness (QED) is 0.813. The highest BCUT2D eigenvalue weighted by molar-refractivity contribution is 7.18. The van der Waals surface area contributed by atoms with Crippen molar-refractivity contribution >= 4 is 28.2 Å². The number of nitrogens with two attached hydrogens (primary N) is 1. The molecule has 0 aromatic carbocycles. The Morgan fingerprint density at radius 3 is 2.89 bits per heavy atom. The number of nitrogen functional groups attached to an aromatic ring is 1. The third-order valence-electron chi connectivity index (χ3n) is 2.88. The molecule has 1 aromatic rings. The normalized spacial score (nSPS) is 15.4. The van der Waals surface area contributed by atoms with Gasteiger partial charge in [-0.2, -0.15) is 0 Å². The molecule has 0 radical (unpaired) electrons. The van der Waals surface area contributed by atoms with Gasteiger partial charge in [-0.25, -0.2) is 4.98 Å². The number of carbonyl (C=O) groups is 1. The van der Waals surface area contributed by atoms with Crippen LogP contribution >= 0.6 is 11.3 Å². The van der Waals surface area contributed by atoms with Crippen LogP contribution in [0.15, 0.2) is 12.7 Å². The largest absolute Gasteiger partial charge is 0.382 e. The molecule has 1 amide bonds. The molecule has 0 spiro atoms. The molecule has 1 saturated heterocycles. The van der Waals surface area contributed by atoms with Crippen molar-refractivity contribution in [3.8, 4) is 0 Å². The average molecular weight is 266 g/mol. The molecule has 0 atom stereocenters. The first-order valence-electron chi connectivity index (χ1n) is 6.12. The number of nitrogens with zero attached hydrogens (tertiary/aromatic N) is 2. The van der Waals surface area contributed by atoms with Crippen molar-refractivity contribution in [2.45, 2.75) is 19.3 Å². The summed E-state index contributed by atoms with van der Waals surface area (Å²) in [6.07, 6.45) is 5.26. The molecule has 6 heteroatoms. The standard InChI is InChI=1S/C12H18N4OS/c1-2-6-14-11(17)9-10(13)15-12(18-9)16-7-4-3-5-8-16/h2H,1,3-8,13H2,(H,14,17). The van der Waals surface area contributed by atoms with Gasteiger partial charge in [0, 0.05) is 19.6 Å². The van der Waals surface area contributed by atoms with Gasteiger partial charge < -0.3 is 16.0 Å². The van der Waals surface area contributed by atoms with Crippen molar-refractivity contribution < 1.29 is 4.79 Å². The Morgan fingerprint density at radius 2 is 2.22 bits per heavy atom. The third-order valence-corrected chi connectivity index (χ3v) is 4.01. The topological polar surface area (TPSA) is 71.2 Å². The van der Waals surface area contributed by atoms with Crippen molar-refractivity contribution in [2.75, 3.05) is 30.3 Å². The fourth-order valence-electron chi connectivity index (χ4n) is 1.95. The lowest BCUT2D eigenvalue weighted by atomic mass is 10.1. The van der Waals surface area contributed by atoms with Crippen LogP contribution in [-0.2, 0) is 0 Å². The van der Waals surface area contributed by atoms with E-state index in [1.165, 1.54) is 30.6 Å². The van der Waals surface area contributed by atoms with Gasteiger partial charge in [0.2, 0.25) is 0 Å². The summed E-state index contributed by atoms with van der Waals surface area (Å²) >= 11 is 1.37. The number of piperidine rings is 1. The van der Waals surface area contributed by atoms with Gasteiger partial charge >= 0.3 is 0 Å². The van der Waals surface area contributed by atoms with Crippen LogP contribution in [0.3, 0.4) is 0 Å². The monoisotopic (exact) mass is 266 g/mol. The fourth-order valence-corrected chi connectivity index (χ4v) is 2.90. The number of nitrogens with one attached hydrogen (secondary N) is 1. The van der Waals surface area contributed by atoms with Gasteiger partial charge in [-0.3, -0.25) is 4.79 Å². The van der Waals surface area contributed by atoms with E-state index < -0.39 is 0 Å². The summed E-state index contributed by atoms with van der Waals surface area (Å²) in [4.78, 5) is 18.8. The number of rotatable bonds is 4. The predicted octanol–water partition coefficient (Wildman–Crippen LogP) is 1.63. The molecule has 1 aromatic heterocycles. The number of aromatic nitrogens is 1. The molecule has 2 rings (SSSR count). The minimum atomic E-state index is -0.173. The molecular weight excluding hydrogens is 248 g/mol. The second-order valence-electron chi connectivity index (χ2n) is 4.26. The molecule has 0 bridgehead atoms. The number of anilines is 2. The first kappa shape index (κ1) is 12.9. The lowest BCUT2D eigenvalue weighted by Gasteiger charge is -2.25. The average Bonchev–Trinajstić information content (AvgIpc) is 2.79. The van der Waals surface area contributed by atoms with Crippen LogP contribution in [0.4, 0.5) is 10.9 Å². The van der Waals surface area contributed by atoms with E-state index in [0.717, 1.165) is 18.2 Å². The molecule has 1 aliphatic heterocycles. The van der Waals surface area contributed by atoms with Crippen molar-refractivity contribution in [1.82, 2.24) is 10.3 Å². The highest BCUT2D eigenvalue weighted by Gasteiger charge is 2.20. The summed E-state index contributed by atoms with van der Waals surface area (Å²) in [5.41, 5.74) is 5.81. The maximum atomic E-state index is 11.8. The summed E-state index contributed by atoms with van der Waals surface area (Å²) in [6.45, 7) is 6.00. The van der Waals surface area contributed by atoms with Crippen LogP contribution in [0.5, 0.6) is 0 Å². The molecule has 0 saturated carbocycles. The van der Waals surface area contributed by atoms with E-state index in [9.17, 15) is 4.79 Å². The van der Waals surface area contributed by atoms with E-state index in [1.807, 2.05) is 0 Å². The van der Waals surface area contributed by atoms with Gasteiger partial charge in [-0.05, 0) is 19.3 Å². The van der Waals surface area contributed by atoms with Crippen LogP contribution < -0.4 is 16.0 Å². The summed E-state index contributed by atoms with van der Waals surface area (Å²) in [6, 6.07) is 0. The summed E-state index contributed by atoms with van der Waals surface area (Å²) in [5.74, 6) is 0.148. The smallest absolute Gasteiger partial charge is 0.265 e. The van der Waals surface area contributed by atoms with Crippen molar-refractivity contribution in [3.05, 3.63) is 17.5 Å². The number of carbonyl (C=O) groups excluding carboxylic acids is 1. The first-order valence-corrected chi connectivity index (χ1v) is 6.94. The lowest BCUT2D eigenvalue weighted by molar-refractivity contribution is 0.0962. The van der Waals surface area contributed by atoms with E-state index in [-0.39, 0.29) is 5.91 Å². The van der Waals surface area contributed by atoms with Gasteiger partial charge in [0.1, 0.15) is 10.7 Å². The van der Waals surface area contributed by atoms with Crippen molar-refractivity contribution in [1.29, 1.82) is 0 Å². The highest BCUT2D eigenvalue weighted by Crippen LogP contribution is 2.29. The van der Waals surface area contributed by atoms with Gasteiger partial charge in [0.25, 0.3) is 5.91 Å². The Labute approximate surface area is 111 Å². The van der Waals surface area contributed by atoms with Crippen LogP contribution in [0.25, 0.3) is 0 Å². The number of hydrogen-bond acceptors (Lipinski definition) is 5.